The number of rotatable bonds is 5. The van der Waals surface area contributed by atoms with Gasteiger partial charge in [-0.05, 0) is 23.8 Å². The second kappa shape index (κ2) is 6.85. The number of halogens is 1. The van der Waals surface area contributed by atoms with Crippen molar-refractivity contribution < 1.29 is 14.6 Å². The Balaban J connectivity index is 2.53. The zero-order chi connectivity index (χ0) is 6.24. The van der Waals surface area contributed by atoms with E-state index in [0.29, 0.717) is 6.42 Å². The summed E-state index contributed by atoms with van der Waals surface area (Å²) in [4.78, 5) is 3.31. The Morgan fingerprint density at radius 3 is 2.50 bits per heavy atom. The maximum Gasteiger partial charge on any atom is 0.0876 e. The maximum atomic E-state index is 10.9. The van der Waals surface area contributed by atoms with E-state index < -0.39 is 0 Å². The fraction of sp³-hybridized carbons (Fsp3) is 1.00. The van der Waals surface area contributed by atoms with Crippen LogP contribution in [0.4, 0.5) is 4.53 Å². The minimum absolute atomic E-state index is 0.153. The number of unbranched alkanes of at least 4 members (excludes halogenated alkanes) is 2. The van der Waals surface area contributed by atoms with Gasteiger partial charge in [0.05, 0.1) is 6.61 Å². The first kappa shape index (κ1) is 7.85. The molecular weight excluding hydrogens is 111 g/mol. The summed E-state index contributed by atoms with van der Waals surface area (Å²) in [6.07, 6.45) is 2.26. The Hall–Kier alpha value is -0.150. The molecule has 0 atom stereocenters. The molecule has 0 heterocycles. The molecule has 0 rings (SSSR count). The molecule has 0 saturated carbocycles. The molecule has 0 radical (unpaired) electrons. The predicted molar refractivity (Wildman–Crippen MR) is 28.0 cm³/mol. The third kappa shape index (κ3) is 5.85. The minimum Gasteiger partial charge on any atom is -0.396 e. The molecule has 0 aliphatic heterocycles. The molecule has 0 amide bonds. The highest BCUT2D eigenvalue weighted by atomic mass is 19.3. The van der Waals surface area contributed by atoms with Gasteiger partial charge in [-0.2, -0.15) is 4.94 Å². The molecule has 0 aromatic rings. The Labute approximate surface area is 48.2 Å². The van der Waals surface area contributed by atoms with E-state index in [1.54, 1.807) is 0 Å². The van der Waals surface area contributed by atoms with Gasteiger partial charge in [-0.25, -0.2) is 0 Å². The van der Waals surface area contributed by atoms with Crippen LogP contribution in [0.25, 0.3) is 0 Å². The Morgan fingerprint density at radius 1 is 1.25 bits per heavy atom. The quantitative estimate of drug-likeness (QED) is 0.552. The van der Waals surface area contributed by atoms with E-state index in [0.717, 1.165) is 12.8 Å². The van der Waals surface area contributed by atoms with Gasteiger partial charge in [0, 0.05) is 6.61 Å². The lowest BCUT2D eigenvalue weighted by atomic mass is 10.2. The van der Waals surface area contributed by atoms with E-state index in [-0.39, 0.29) is 13.2 Å². The van der Waals surface area contributed by atoms with Gasteiger partial charge in [-0.3, -0.25) is 0 Å². The Morgan fingerprint density at radius 2 is 2.00 bits per heavy atom. The van der Waals surface area contributed by atoms with Crippen LogP contribution in [0.15, 0.2) is 0 Å². The van der Waals surface area contributed by atoms with Gasteiger partial charge < -0.3 is 5.11 Å². The fourth-order valence-electron chi connectivity index (χ4n) is 0.445. The van der Waals surface area contributed by atoms with Crippen molar-refractivity contribution in [3.05, 3.63) is 0 Å². The zero-order valence-corrected chi connectivity index (χ0v) is 4.77. The molecule has 0 aromatic heterocycles. The summed E-state index contributed by atoms with van der Waals surface area (Å²) in [5.41, 5.74) is 0. The molecule has 3 heteroatoms. The number of aliphatic hydroxyl groups excluding tert-OH is 1. The van der Waals surface area contributed by atoms with Crippen molar-refractivity contribution in [3.8, 4) is 0 Å². The third-order valence-corrected chi connectivity index (χ3v) is 0.880. The minimum atomic E-state index is 0.153. The van der Waals surface area contributed by atoms with Crippen LogP contribution in [0.2, 0.25) is 0 Å². The van der Waals surface area contributed by atoms with Gasteiger partial charge in [-0.1, -0.05) is 0 Å². The molecule has 0 aliphatic rings. The molecule has 0 aromatic carbocycles. The summed E-state index contributed by atoms with van der Waals surface area (Å²) in [6.45, 7) is 0.340. The highest BCUT2D eigenvalue weighted by molar-refractivity contribution is 4.36. The SMILES string of the molecule is OCCCCCOF. The molecule has 8 heavy (non-hydrogen) atoms. The van der Waals surface area contributed by atoms with E-state index in [9.17, 15) is 4.53 Å². The summed E-state index contributed by atoms with van der Waals surface area (Å²) in [7, 11) is 0. The predicted octanol–water partition coefficient (Wildman–Crippen LogP) is 1.05. The van der Waals surface area contributed by atoms with Crippen LogP contribution in [-0.4, -0.2) is 18.3 Å². The lowest BCUT2D eigenvalue weighted by molar-refractivity contribution is -0.133. The monoisotopic (exact) mass is 122 g/mol. The molecule has 0 spiro atoms. The summed E-state index contributed by atoms with van der Waals surface area (Å²) >= 11 is 0. The van der Waals surface area contributed by atoms with E-state index in [2.05, 4.69) is 4.94 Å². The summed E-state index contributed by atoms with van der Waals surface area (Å²) in [5.74, 6) is 0. The highest BCUT2D eigenvalue weighted by Gasteiger charge is 1.86. The molecule has 1 N–H and O–H groups in total. The average molecular weight is 122 g/mol. The first-order valence-electron chi connectivity index (χ1n) is 2.76. The maximum absolute atomic E-state index is 10.9. The molecule has 0 saturated heterocycles. The molecule has 2 nitrogen and oxygen atoms in total. The molecule has 0 aliphatic carbocycles. The highest BCUT2D eigenvalue weighted by Crippen LogP contribution is 1.93. The zero-order valence-electron chi connectivity index (χ0n) is 4.77. The van der Waals surface area contributed by atoms with Crippen LogP contribution in [0.1, 0.15) is 19.3 Å². The smallest absolute Gasteiger partial charge is 0.0876 e. The molecule has 0 unspecified atom stereocenters. The molecule has 0 fully saturated rings. The Kier molecular flexibility index (Phi) is 6.72. The van der Waals surface area contributed by atoms with Crippen molar-refractivity contribution in [3.63, 3.8) is 0 Å². The van der Waals surface area contributed by atoms with Gasteiger partial charge >= 0.3 is 0 Å². The van der Waals surface area contributed by atoms with Crippen molar-refractivity contribution in [1.82, 2.24) is 0 Å². The van der Waals surface area contributed by atoms with Crippen molar-refractivity contribution >= 4 is 0 Å². The van der Waals surface area contributed by atoms with Crippen LogP contribution in [0.3, 0.4) is 0 Å². The van der Waals surface area contributed by atoms with Crippen molar-refractivity contribution in [2.75, 3.05) is 13.2 Å². The molecule has 50 valence electrons. The van der Waals surface area contributed by atoms with Crippen molar-refractivity contribution in [2.45, 2.75) is 19.3 Å². The summed E-state index contributed by atoms with van der Waals surface area (Å²) < 4.78 is 10.9. The second-order valence-corrected chi connectivity index (χ2v) is 1.60. The van der Waals surface area contributed by atoms with E-state index in [1.165, 1.54) is 0 Å². The van der Waals surface area contributed by atoms with Gasteiger partial charge in [0.25, 0.3) is 0 Å². The van der Waals surface area contributed by atoms with Crippen LogP contribution in [-0.2, 0) is 4.94 Å². The number of hydrogen-bond donors (Lipinski definition) is 1. The van der Waals surface area contributed by atoms with Crippen LogP contribution in [0, 0.1) is 0 Å². The molecular formula is C5H11FO2. The lowest BCUT2D eigenvalue weighted by Crippen LogP contribution is -1.87. The number of hydrogen-bond acceptors (Lipinski definition) is 2. The van der Waals surface area contributed by atoms with Crippen LogP contribution in [0.5, 0.6) is 0 Å². The van der Waals surface area contributed by atoms with E-state index in [1.807, 2.05) is 0 Å². The standard InChI is InChI=1S/C5H11FO2/c6-8-5-3-1-2-4-7/h7H,1-5H2. The normalized spacial score (nSPS) is 9.75. The second-order valence-electron chi connectivity index (χ2n) is 1.60. The summed E-state index contributed by atoms with van der Waals surface area (Å²) in [6, 6.07) is 0. The largest absolute Gasteiger partial charge is 0.396 e. The van der Waals surface area contributed by atoms with E-state index in [4.69, 9.17) is 5.11 Å². The van der Waals surface area contributed by atoms with Gasteiger partial charge in [0.2, 0.25) is 0 Å². The molecule has 0 bridgehead atoms. The number of aliphatic hydroxyl groups is 1. The van der Waals surface area contributed by atoms with Gasteiger partial charge in [-0.15, -0.1) is 0 Å². The Bertz CT molecular complexity index is 35.4. The van der Waals surface area contributed by atoms with E-state index >= 15 is 0 Å². The average Bonchev–Trinajstić information content (AvgIpc) is 1.81. The lowest BCUT2D eigenvalue weighted by Gasteiger charge is -1.92. The first-order chi connectivity index (χ1) is 3.91. The topological polar surface area (TPSA) is 29.5 Å². The van der Waals surface area contributed by atoms with Crippen molar-refractivity contribution in [1.29, 1.82) is 0 Å². The van der Waals surface area contributed by atoms with Gasteiger partial charge in [0.15, 0.2) is 0 Å². The fourth-order valence-corrected chi connectivity index (χ4v) is 0.445. The van der Waals surface area contributed by atoms with Gasteiger partial charge in [0.1, 0.15) is 0 Å². The van der Waals surface area contributed by atoms with Crippen molar-refractivity contribution in [2.24, 2.45) is 0 Å². The van der Waals surface area contributed by atoms with Crippen LogP contribution < -0.4 is 0 Å². The summed E-state index contributed by atoms with van der Waals surface area (Å²) in [5, 5.41) is 8.23. The third-order valence-electron chi connectivity index (χ3n) is 0.880. The van der Waals surface area contributed by atoms with Crippen LogP contribution >= 0.6 is 0 Å². The first-order valence-corrected chi connectivity index (χ1v) is 2.76.